The summed E-state index contributed by atoms with van der Waals surface area (Å²) in [6.07, 6.45) is 1.57. The Bertz CT molecular complexity index is 321. The fraction of sp³-hybridized carbons (Fsp3) is 0.455. The highest BCUT2D eigenvalue weighted by Crippen LogP contribution is 2.34. The first kappa shape index (κ1) is 10.1. The molecular formula is C11H14BrNO. The van der Waals surface area contributed by atoms with Gasteiger partial charge in [-0.3, -0.25) is 0 Å². The van der Waals surface area contributed by atoms with Gasteiger partial charge >= 0.3 is 0 Å². The zero-order valence-corrected chi connectivity index (χ0v) is 9.55. The lowest BCUT2D eigenvalue weighted by Crippen LogP contribution is -2.39. The molecule has 0 amide bonds. The van der Waals surface area contributed by atoms with Crippen molar-refractivity contribution in [2.24, 2.45) is 0 Å². The van der Waals surface area contributed by atoms with E-state index in [1.807, 2.05) is 24.3 Å². The highest BCUT2D eigenvalue weighted by atomic mass is 79.9. The van der Waals surface area contributed by atoms with Crippen LogP contribution in [-0.2, 0) is 5.60 Å². The van der Waals surface area contributed by atoms with Gasteiger partial charge in [0, 0.05) is 4.47 Å². The van der Waals surface area contributed by atoms with E-state index in [1.165, 1.54) is 0 Å². The first-order valence-electron chi connectivity index (χ1n) is 4.90. The summed E-state index contributed by atoms with van der Waals surface area (Å²) in [5.41, 5.74) is 0.368. The molecule has 1 aliphatic heterocycles. The first-order chi connectivity index (χ1) is 6.72. The second-order valence-electron chi connectivity index (χ2n) is 3.76. The molecule has 0 bridgehead atoms. The van der Waals surface area contributed by atoms with Gasteiger partial charge in [0.2, 0.25) is 0 Å². The minimum atomic E-state index is -0.647. The molecule has 1 heterocycles. The van der Waals surface area contributed by atoms with Crippen LogP contribution in [-0.4, -0.2) is 18.2 Å². The SMILES string of the molecule is OC1(c2ccccc2Br)CCNCC1. The average molecular weight is 256 g/mol. The maximum absolute atomic E-state index is 10.5. The molecule has 0 radical (unpaired) electrons. The molecule has 0 aromatic heterocycles. The van der Waals surface area contributed by atoms with Crippen LogP contribution in [0.5, 0.6) is 0 Å². The molecule has 1 aromatic carbocycles. The van der Waals surface area contributed by atoms with Gasteiger partial charge in [-0.15, -0.1) is 0 Å². The van der Waals surface area contributed by atoms with E-state index in [-0.39, 0.29) is 0 Å². The average Bonchev–Trinajstić information content (AvgIpc) is 2.19. The molecule has 1 saturated heterocycles. The highest BCUT2D eigenvalue weighted by Gasteiger charge is 2.32. The standard InChI is InChI=1S/C11H14BrNO/c12-10-4-2-1-3-9(10)11(14)5-7-13-8-6-11/h1-4,13-14H,5-8H2. The minimum Gasteiger partial charge on any atom is -0.385 e. The molecule has 14 heavy (non-hydrogen) atoms. The van der Waals surface area contributed by atoms with Crippen LogP contribution in [0.15, 0.2) is 28.7 Å². The smallest absolute Gasteiger partial charge is 0.0931 e. The van der Waals surface area contributed by atoms with Crippen molar-refractivity contribution in [3.8, 4) is 0 Å². The molecule has 3 heteroatoms. The molecule has 1 fully saturated rings. The number of halogens is 1. The summed E-state index contributed by atoms with van der Waals surface area (Å²) >= 11 is 3.49. The largest absolute Gasteiger partial charge is 0.385 e. The van der Waals surface area contributed by atoms with Gasteiger partial charge in [-0.1, -0.05) is 34.1 Å². The number of hydrogen-bond donors (Lipinski definition) is 2. The quantitative estimate of drug-likeness (QED) is 0.805. The zero-order chi connectivity index (χ0) is 10.0. The third kappa shape index (κ3) is 1.85. The van der Waals surface area contributed by atoms with Crippen LogP contribution in [0.3, 0.4) is 0 Å². The topological polar surface area (TPSA) is 32.3 Å². The van der Waals surface area contributed by atoms with Crippen LogP contribution in [0.2, 0.25) is 0 Å². The second-order valence-corrected chi connectivity index (χ2v) is 4.62. The zero-order valence-electron chi connectivity index (χ0n) is 7.96. The lowest BCUT2D eigenvalue weighted by atomic mass is 9.85. The van der Waals surface area contributed by atoms with Gasteiger partial charge in [0.15, 0.2) is 0 Å². The Kier molecular flexibility index (Phi) is 2.91. The molecular weight excluding hydrogens is 242 g/mol. The van der Waals surface area contributed by atoms with Crippen molar-refractivity contribution in [2.75, 3.05) is 13.1 Å². The van der Waals surface area contributed by atoms with Crippen LogP contribution >= 0.6 is 15.9 Å². The first-order valence-corrected chi connectivity index (χ1v) is 5.70. The predicted octanol–water partition coefficient (Wildman–Crippen LogP) is 2.02. The Morgan fingerprint density at radius 1 is 1.21 bits per heavy atom. The van der Waals surface area contributed by atoms with Gasteiger partial charge in [-0.2, -0.15) is 0 Å². The Balaban J connectivity index is 2.32. The number of rotatable bonds is 1. The fourth-order valence-electron chi connectivity index (χ4n) is 1.95. The molecule has 2 nitrogen and oxygen atoms in total. The lowest BCUT2D eigenvalue weighted by molar-refractivity contribution is 0.00528. The Labute approximate surface area is 92.5 Å². The number of hydrogen-bond acceptors (Lipinski definition) is 2. The fourth-order valence-corrected chi connectivity index (χ4v) is 2.60. The maximum atomic E-state index is 10.5. The third-order valence-electron chi connectivity index (χ3n) is 2.81. The van der Waals surface area contributed by atoms with Crippen molar-refractivity contribution in [3.05, 3.63) is 34.3 Å². The Morgan fingerprint density at radius 3 is 2.50 bits per heavy atom. The van der Waals surface area contributed by atoms with E-state index in [0.29, 0.717) is 0 Å². The minimum absolute atomic E-state index is 0.647. The molecule has 0 spiro atoms. The molecule has 1 aromatic rings. The van der Waals surface area contributed by atoms with Gasteiger partial charge in [-0.05, 0) is 37.6 Å². The van der Waals surface area contributed by atoms with Gasteiger partial charge in [0.1, 0.15) is 0 Å². The summed E-state index contributed by atoms with van der Waals surface area (Å²) in [7, 11) is 0. The molecule has 0 aliphatic carbocycles. The lowest BCUT2D eigenvalue weighted by Gasteiger charge is -2.33. The summed E-state index contributed by atoms with van der Waals surface area (Å²) in [6.45, 7) is 1.77. The van der Waals surface area contributed by atoms with Crippen molar-refractivity contribution >= 4 is 15.9 Å². The number of aliphatic hydroxyl groups is 1. The van der Waals surface area contributed by atoms with E-state index < -0.39 is 5.60 Å². The molecule has 2 N–H and O–H groups in total. The van der Waals surface area contributed by atoms with Crippen molar-refractivity contribution < 1.29 is 5.11 Å². The van der Waals surface area contributed by atoms with Crippen LogP contribution in [0.1, 0.15) is 18.4 Å². The summed E-state index contributed by atoms with van der Waals surface area (Å²) < 4.78 is 1.00. The van der Waals surface area contributed by atoms with E-state index in [4.69, 9.17) is 0 Å². The van der Waals surface area contributed by atoms with Crippen molar-refractivity contribution in [3.63, 3.8) is 0 Å². The van der Waals surface area contributed by atoms with Gasteiger partial charge in [0.05, 0.1) is 5.60 Å². The number of piperidine rings is 1. The van der Waals surface area contributed by atoms with E-state index in [1.54, 1.807) is 0 Å². The van der Waals surface area contributed by atoms with E-state index in [0.717, 1.165) is 36.0 Å². The normalized spacial score (nSPS) is 20.7. The summed E-state index contributed by atoms with van der Waals surface area (Å²) in [5.74, 6) is 0. The van der Waals surface area contributed by atoms with Crippen LogP contribution in [0, 0.1) is 0 Å². The van der Waals surface area contributed by atoms with Gasteiger partial charge < -0.3 is 10.4 Å². The molecule has 0 saturated carbocycles. The second kappa shape index (κ2) is 4.01. The van der Waals surface area contributed by atoms with Crippen molar-refractivity contribution in [1.82, 2.24) is 5.32 Å². The van der Waals surface area contributed by atoms with Gasteiger partial charge in [-0.25, -0.2) is 0 Å². The van der Waals surface area contributed by atoms with Crippen molar-refractivity contribution in [1.29, 1.82) is 0 Å². The van der Waals surface area contributed by atoms with E-state index in [2.05, 4.69) is 21.2 Å². The van der Waals surface area contributed by atoms with Crippen LogP contribution in [0.25, 0.3) is 0 Å². The number of benzene rings is 1. The Morgan fingerprint density at radius 2 is 1.86 bits per heavy atom. The number of nitrogens with one attached hydrogen (secondary N) is 1. The Hall–Kier alpha value is -0.380. The third-order valence-corrected chi connectivity index (χ3v) is 3.50. The molecule has 0 atom stereocenters. The summed E-state index contributed by atoms with van der Waals surface area (Å²) in [5, 5.41) is 13.7. The summed E-state index contributed by atoms with van der Waals surface area (Å²) in [4.78, 5) is 0. The summed E-state index contributed by atoms with van der Waals surface area (Å²) in [6, 6.07) is 7.92. The highest BCUT2D eigenvalue weighted by molar-refractivity contribution is 9.10. The van der Waals surface area contributed by atoms with Crippen LogP contribution in [0.4, 0.5) is 0 Å². The molecule has 2 rings (SSSR count). The molecule has 1 aliphatic rings. The van der Waals surface area contributed by atoms with Crippen molar-refractivity contribution in [2.45, 2.75) is 18.4 Å². The van der Waals surface area contributed by atoms with E-state index >= 15 is 0 Å². The molecule has 0 unspecified atom stereocenters. The molecule has 76 valence electrons. The van der Waals surface area contributed by atoms with Crippen LogP contribution < -0.4 is 5.32 Å². The van der Waals surface area contributed by atoms with E-state index in [9.17, 15) is 5.11 Å². The van der Waals surface area contributed by atoms with Gasteiger partial charge in [0.25, 0.3) is 0 Å². The monoisotopic (exact) mass is 255 g/mol. The maximum Gasteiger partial charge on any atom is 0.0931 e. The predicted molar refractivity (Wildman–Crippen MR) is 60.1 cm³/mol.